The van der Waals surface area contributed by atoms with Gasteiger partial charge in [-0.25, -0.2) is 13.1 Å². The molecule has 0 unspecified atom stereocenters. The quantitative estimate of drug-likeness (QED) is 0.593. The lowest BCUT2D eigenvalue weighted by Crippen LogP contribution is -2.24. The first-order chi connectivity index (χ1) is 12.2. The van der Waals surface area contributed by atoms with Gasteiger partial charge in [0.1, 0.15) is 0 Å². The molecule has 0 aliphatic carbocycles. The van der Waals surface area contributed by atoms with E-state index in [-0.39, 0.29) is 22.7 Å². The number of nitrogens with one attached hydrogen (secondary N) is 2. The molecule has 2 rings (SSSR count). The zero-order valence-electron chi connectivity index (χ0n) is 14.6. The van der Waals surface area contributed by atoms with Crippen LogP contribution in [0.25, 0.3) is 0 Å². The maximum absolute atomic E-state index is 12.6. The van der Waals surface area contributed by atoms with Gasteiger partial charge in [0, 0.05) is 24.2 Å². The first-order valence-electron chi connectivity index (χ1n) is 7.82. The van der Waals surface area contributed by atoms with E-state index in [1.54, 1.807) is 26.8 Å². The van der Waals surface area contributed by atoms with Crippen LogP contribution in [-0.2, 0) is 10.0 Å². The summed E-state index contributed by atoms with van der Waals surface area (Å²) >= 11 is 0. The van der Waals surface area contributed by atoms with Gasteiger partial charge in [-0.1, -0.05) is 19.1 Å². The third kappa shape index (κ3) is 4.24. The average molecular weight is 377 g/mol. The summed E-state index contributed by atoms with van der Waals surface area (Å²) in [6.45, 7) is 5.27. The van der Waals surface area contributed by atoms with E-state index < -0.39 is 20.9 Å². The summed E-state index contributed by atoms with van der Waals surface area (Å²) in [5.41, 5.74) is 1.56. The molecule has 0 atom stereocenters. The molecule has 0 heterocycles. The van der Waals surface area contributed by atoms with Crippen LogP contribution in [0, 0.1) is 24.0 Å². The second-order valence-electron chi connectivity index (χ2n) is 5.69. The third-order valence-corrected chi connectivity index (χ3v) is 5.32. The minimum absolute atomic E-state index is 0.0223. The minimum Gasteiger partial charge on any atom is -0.321 e. The largest absolute Gasteiger partial charge is 0.321 e. The number of anilines is 1. The van der Waals surface area contributed by atoms with E-state index in [1.807, 2.05) is 0 Å². The summed E-state index contributed by atoms with van der Waals surface area (Å²) in [7, 11) is -3.70. The second-order valence-corrected chi connectivity index (χ2v) is 7.46. The SMILES string of the molecule is CCNS(=O)(=O)c1ccc(C)c(C(=O)Nc2cc([N+](=O)[O-])ccc2C)c1. The molecular formula is C17H19N3O5S. The Morgan fingerprint density at radius 3 is 2.38 bits per heavy atom. The molecule has 0 aliphatic heterocycles. The van der Waals surface area contributed by atoms with Gasteiger partial charge < -0.3 is 5.32 Å². The van der Waals surface area contributed by atoms with Crippen LogP contribution in [0.15, 0.2) is 41.3 Å². The predicted molar refractivity (Wildman–Crippen MR) is 97.8 cm³/mol. The molecule has 0 spiro atoms. The highest BCUT2D eigenvalue weighted by Crippen LogP contribution is 2.23. The number of carbonyl (C=O) groups excluding carboxylic acids is 1. The predicted octanol–water partition coefficient (Wildman–Crippen LogP) is 2.76. The number of non-ortho nitro benzene ring substituents is 1. The van der Waals surface area contributed by atoms with Crippen molar-refractivity contribution in [3.05, 3.63) is 63.2 Å². The van der Waals surface area contributed by atoms with Gasteiger partial charge in [-0.15, -0.1) is 0 Å². The van der Waals surface area contributed by atoms with Gasteiger partial charge in [0.15, 0.2) is 0 Å². The molecule has 138 valence electrons. The van der Waals surface area contributed by atoms with Crippen LogP contribution in [0.4, 0.5) is 11.4 Å². The number of sulfonamides is 1. The Bertz CT molecular complexity index is 970. The summed E-state index contributed by atoms with van der Waals surface area (Å²) in [5, 5.41) is 13.5. The van der Waals surface area contributed by atoms with Crippen molar-refractivity contribution in [1.29, 1.82) is 0 Å². The third-order valence-electron chi connectivity index (χ3n) is 3.78. The molecule has 1 amide bonds. The van der Waals surface area contributed by atoms with E-state index in [0.29, 0.717) is 16.8 Å². The molecule has 0 radical (unpaired) electrons. The molecule has 0 saturated carbocycles. The average Bonchev–Trinajstić information content (AvgIpc) is 2.56. The summed E-state index contributed by atoms with van der Waals surface area (Å²) < 4.78 is 26.6. The topological polar surface area (TPSA) is 118 Å². The number of carbonyl (C=O) groups is 1. The molecule has 0 aliphatic rings. The number of hydrogen-bond acceptors (Lipinski definition) is 5. The fourth-order valence-corrected chi connectivity index (χ4v) is 3.40. The van der Waals surface area contributed by atoms with E-state index in [0.717, 1.165) is 0 Å². The maximum atomic E-state index is 12.6. The van der Waals surface area contributed by atoms with E-state index >= 15 is 0 Å². The first kappa shape index (κ1) is 19.5. The Kier molecular flexibility index (Phi) is 5.73. The van der Waals surface area contributed by atoms with Crippen molar-refractivity contribution in [3.8, 4) is 0 Å². The Morgan fingerprint density at radius 2 is 1.77 bits per heavy atom. The van der Waals surface area contributed by atoms with Crippen molar-refractivity contribution < 1.29 is 18.1 Å². The first-order valence-corrected chi connectivity index (χ1v) is 9.30. The number of hydrogen-bond donors (Lipinski definition) is 2. The van der Waals surface area contributed by atoms with Crippen LogP contribution < -0.4 is 10.0 Å². The van der Waals surface area contributed by atoms with Gasteiger partial charge in [-0.2, -0.15) is 0 Å². The van der Waals surface area contributed by atoms with Crippen molar-refractivity contribution >= 4 is 27.3 Å². The molecule has 0 aromatic heterocycles. The van der Waals surface area contributed by atoms with Crippen LogP contribution in [0.5, 0.6) is 0 Å². The number of amides is 1. The minimum atomic E-state index is -3.70. The highest BCUT2D eigenvalue weighted by atomic mass is 32.2. The number of benzene rings is 2. The molecule has 26 heavy (non-hydrogen) atoms. The Morgan fingerprint density at radius 1 is 1.12 bits per heavy atom. The van der Waals surface area contributed by atoms with Crippen molar-refractivity contribution in [2.45, 2.75) is 25.7 Å². The van der Waals surface area contributed by atoms with E-state index in [4.69, 9.17) is 0 Å². The highest BCUT2D eigenvalue weighted by Gasteiger charge is 2.18. The van der Waals surface area contributed by atoms with Crippen LogP contribution in [0.2, 0.25) is 0 Å². The fraction of sp³-hybridized carbons (Fsp3) is 0.235. The lowest BCUT2D eigenvalue weighted by molar-refractivity contribution is -0.384. The highest BCUT2D eigenvalue weighted by molar-refractivity contribution is 7.89. The number of rotatable bonds is 6. The van der Waals surface area contributed by atoms with Gasteiger partial charge in [0.2, 0.25) is 10.0 Å². The Balaban J connectivity index is 2.39. The zero-order valence-corrected chi connectivity index (χ0v) is 15.4. The summed E-state index contributed by atoms with van der Waals surface area (Å²) in [6.07, 6.45) is 0. The van der Waals surface area contributed by atoms with E-state index in [9.17, 15) is 23.3 Å². The smallest absolute Gasteiger partial charge is 0.271 e. The van der Waals surface area contributed by atoms with Crippen LogP contribution in [-0.4, -0.2) is 25.8 Å². The Labute approximate surface area is 151 Å². The van der Waals surface area contributed by atoms with Crippen LogP contribution >= 0.6 is 0 Å². The fourth-order valence-electron chi connectivity index (χ4n) is 2.33. The van der Waals surface area contributed by atoms with Gasteiger partial charge in [-0.05, 0) is 37.1 Å². The van der Waals surface area contributed by atoms with E-state index in [2.05, 4.69) is 10.0 Å². The summed E-state index contributed by atoms with van der Waals surface area (Å²) in [4.78, 5) is 22.9. The molecule has 0 bridgehead atoms. The summed E-state index contributed by atoms with van der Waals surface area (Å²) in [6, 6.07) is 8.39. The molecule has 9 heteroatoms. The van der Waals surface area contributed by atoms with Gasteiger partial charge in [-0.3, -0.25) is 14.9 Å². The number of aryl methyl sites for hydroxylation is 2. The molecule has 2 aromatic carbocycles. The zero-order chi connectivity index (χ0) is 19.5. The summed E-state index contributed by atoms with van der Waals surface area (Å²) in [5.74, 6) is -0.542. The number of nitro groups is 1. The molecule has 0 saturated heterocycles. The normalized spacial score (nSPS) is 11.2. The van der Waals surface area contributed by atoms with Gasteiger partial charge >= 0.3 is 0 Å². The van der Waals surface area contributed by atoms with Crippen molar-refractivity contribution in [1.82, 2.24) is 4.72 Å². The lowest BCUT2D eigenvalue weighted by Gasteiger charge is -2.12. The van der Waals surface area contributed by atoms with E-state index in [1.165, 1.54) is 30.3 Å². The molecule has 8 nitrogen and oxygen atoms in total. The molecule has 0 fully saturated rings. The van der Waals surface area contributed by atoms with Gasteiger partial charge in [0.05, 0.1) is 15.5 Å². The van der Waals surface area contributed by atoms with Crippen LogP contribution in [0.1, 0.15) is 28.4 Å². The number of nitro benzene ring substituents is 1. The van der Waals surface area contributed by atoms with Gasteiger partial charge in [0.25, 0.3) is 11.6 Å². The lowest BCUT2D eigenvalue weighted by atomic mass is 10.1. The van der Waals surface area contributed by atoms with Crippen molar-refractivity contribution in [3.63, 3.8) is 0 Å². The van der Waals surface area contributed by atoms with Crippen molar-refractivity contribution in [2.75, 3.05) is 11.9 Å². The Hall–Kier alpha value is -2.78. The maximum Gasteiger partial charge on any atom is 0.271 e. The van der Waals surface area contributed by atoms with Crippen LogP contribution in [0.3, 0.4) is 0 Å². The molecule has 2 N–H and O–H groups in total. The second kappa shape index (κ2) is 7.63. The number of nitrogens with zero attached hydrogens (tertiary/aromatic N) is 1. The van der Waals surface area contributed by atoms with Crippen molar-refractivity contribution in [2.24, 2.45) is 0 Å². The molecule has 2 aromatic rings. The molecular weight excluding hydrogens is 358 g/mol. The monoisotopic (exact) mass is 377 g/mol. The standard InChI is InChI=1S/C17H19N3O5S/c1-4-18-26(24,25)14-8-6-11(2)15(10-14)17(21)19-16-9-13(20(22)23)7-5-12(16)3/h5-10,18H,4H2,1-3H3,(H,19,21).